The van der Waals surface area contributed by atoms with Crippen molar-refractivity contribution in [3.05, 3.63) is 0 Å². The van der Waals surface area contributed by atoms with E-state index in [2.05, 4.69) is 0 Å². The summed E-state index contributed by atoms with van der Waals surface area (Å²) in [6.07, 6.45) is 0. The highest BCUT2D eigenvalue weighted by atomic mass is 32.2. The molecule has 78 valence electrons. The summed E-state index contributed by atoms with van der Waals surface area (Å²) in [5.41, 5.74) is 4.30. The number of carbonyl (C=O) groups is 1. The van der Waals surface area contributed by atoms with E-state index in [-0.39, 0.29) is 13.5 Å². The highest BCUT2D eigenvalue weighted by Crippen LogP contribution is 2.32. The molecule has 0 aliphatic carbocycles. The van der Waals surface area contributed by atoms with Gasteiger partial charge in [0.05, 0.1) is 5.54 Å². The van der Waals surface area contributed by atoms with Crippen LogP contribution in [-0.4, -0.2) is 34.8 Å². The Kier molecular flexibility index (Phi) is 3.05. The van der Waals surface area contributed by atoms with Gasteiger partial charge in [-0.3, -0.25) is 9.35 Å². The first kappa shape index (κ1) is 12.7. The maximum Gasteiger partial charge on any atom is 0.362 e. The molecule has 0 spiro atoms. The van der Waals surface area contributed by atoms with Crippen molar-refractivity contribution in [2.45, 2.75) is 25.4 Å². The van der Waals surface area contributed by atoms with Gasteiger partial charge in [0.2, 0.25) is 0 Å². The summed E-state index contributed by atoms with van der Waals surface area (Å²) in [5.74, 6) is -0.775. The lowest BCUT2D eigenvalue weighted by Gasteiger charge is -2.49. The molecule has 1 rings (SSSR count). The Hall–Kier alpha value is -0.310. The van der Waals surface area contributed by atoms with Gasteiger partial charge in [0.25, 0.3) is 5.91 Å². The van der Waals surface area contributed by atoms with Crippen LogP contribution in [0.4, 0.5) is 0 Å². The third kappa shape index (κ3) is 1.66. The molecule has 1 aliphatic heterocycles. The molecule has 0 bridgehead atoms. The Balaban J connectivity index is 0.00000144. The van der Waals surface area contributed by atoms with Gasteiger partial charge in [-0.2, -0.15) is 21.9 Å². The maximum absolute atomic E-state index is 10.9. The number of rotatable bonds is 1. The van der Waals surface area contributed by atoms with Crippen molar-refractivity contribution in [3.63, 3.8) is 0 Å². The molecule has 3 N–H and O–H groups in total. The number of hydrogen-bond donors (Lipinski definition) is 2. The zero-order valence-electron chi connectivity index (χ0n) is 7.18. The molecule has 0 aromatic carbocycles. The minimum Gasteiger partial charge on any atom is -0.318 e. The summed E-state index contributed by atoms with van der Waals surface area (Å²) in [7, 11) is -4.45. The third-order valence-corrected chi connectivity index (χ3v) is 3.09. The second-order valence-electron chi connectivity index (χ2n) is 3.21. The molecule has 1 amide bonds. The van der Waals surface area contributed by atoms with E-state index in [1.54, 1.807) is 0 Å². The van der Waals surface area contributed by atoms with Crippen molar-refractivity contribution in [2.75, 3.05) is 0 Å². The number of β-lactam (4-membered cyclic amide) rings is 1. The molecule has 1 saturated heterocycles. The number of hydrogen-bond acceptors (Lipinski definition) is 4. The van der Waals surface area contributed by atoms with Crippen LogP contribution in [-0.2, 0) is 15.1 Å². The number of carbonyl (C=O) groups excluding carboxylic acids is 1. The average Bonchev–Trinajstić information content (AvgIpc) is 1.83. The molecule has 0 radical (unpaired) electrons. The Morgan fingerprint density at radius 2 is 1.92 bits per heavy atom. The fourth-order valence-electron chi connectivity index (χ4n) is 1.18. The molecule has 13 heavy (non-hydrogen) atoms. The van der Waals surface area contributed by atoms with Crippen molar-refractivity contribution in [1.29, 1.82) is 0 Å². The van der Waals surface area contributed by atoms with Gasteiger partial charge >= 0.3 is 10.3 Å². The van der Waals surface area contributed by atoms with Crippen molar-refractivity contribution in [3.8, 4) is 0 Å². The van der Waals surface area contributed by atoms with E-state index in [0.29, 0.717) is 4.31 Å². The van der Waals surface area contributed by atoms with Crippen molar-refractivity contribution < 1.29 is 17.8 Å². The molecule has 0 aromatic rings. The first-order valence-corrected chi connectivity index (χ1v) is 4.66. The van der Waals surface area contributed by atoms with Crippen LogP contribution in [0.15, 0.2) is 0 Å². The van der Waals surface area contributed by atoms with Crippen LogP contribution >= 0.6 is 13.5 Å². The van der Waals surface area contributed by atoms with Crippen molar-refractivity contribution in [2.24, 2.45) is 5.73 Å². The van der Waals surface area contributed by atoms with Crippen molar-refractivity contribution in [1.82, 2.24) is 4.31 Å². The summed E-state index contributed by atoms with van der Waals surface area (Å²) in [5, 5.41) is 0. The van der Waals surface area contributed by atoms with Crippen LogP contribution < -0.4 is 5.73 Å². The maximum atomic E-state index is 10.9. The fourth-order valence-corrected chi connectivity index (χ4v) is 2.23. The highest BCUT2D eigenvalue weighted by Gasteiger charge is 2.57. The SMILES string of the molecule is CC1(C)[C@H](N)C(=O)N1S(=O)(=O)O.S. The zero-order chi connectivity index (χ0) is 9.73. The summed E-state index contributed by atoms with van der Waals surface area (Å²) < 4.78 is 30.1. The standard InChI is InChI=1S/C5H10N2O4S.H2S/c1-5(2)3(6)4(8)7(5)12(9,10)11;/h3H,6H2,1-2H3,(H,9,10,11);1H2/t3-;/m1./s1. The summed E-state index contributed by atoms with van der Waals surface area (Å²) in [6.45, 7) is 2.93. The van der Waals surface area contributed by atoms with Gasteiger partial charge in [-0.15, -0.1) is 0 Å². The molecular formula is C5H12N2O4S2. The fraction of sp³-hybridized carbons (Fsp3) is 0.800. The Bertz CT molecular complexity index is 323. The van der Waals surface area contributed by atoms with Crippen LogP contribution in [0, 0.1) is 0 Å². The molecule has 0 aromatic heterocycles. The lowest BCUT2D eigenvalue weighted by molar-refractivity contribution is -0.146. The van der Waals surface area contributed by atoms with Gasteiger partial charge in [-0.25, -0.2) is 4.31 Å². The Morgan fingerprint density at radius 3 is 2.08 bits per heavy atom. The Labute approximate surface area is 83.4 Å². The molecule has 0 saturated carbocycles. The summed E-state index contributed by atoms with van der Waals surface area (Å²) >= 11 is 0. The van der Waals surface area contributed by atoms with Crippen LogP contribution in [0.1, 0.15) is 13.8 Å². The first-order chi connectivity index (χ1) is 5.19. The van der Waals surface area contributed by atoms with Gasteiger partial charge in [0.1, 0.15) is 6.04 Å². The van der Waals surface area contributed by atoms with E-state index in [4.69, 9.17) is 10.3 Å². The average molecular weight is 228 g/mol. The minimum absolute atomic E-state index is 0. The Morgan fingerprint density at radius 1 is 1.54 bits per heavy atom. The van der Waals surface area contributed by atoms with E-state index >= 15 is 0 Å². The second-order valence-corrected chi connectivity index (χ2v) is 4.47. The molecule has 1 atom stereocenters. The van der Waals surface area contributed by atoms with Gasteiger partial charge in [0.15, 0.2) is 0 Å². The summed E-state index contributed by atoms with van der Waals surface area (Å²) in [4.78, 5) is 10.9. The highest BCUT2D eigenvalue weighted by molar-refractivity contribution is 7.84. The predicted molar refractivity (Wildman–Crippen MR) is 50.8 cm³/mol. The topological polar surface area (TPSA) is 101 Å². The first-order valence-electron chi connectivity index (χ1n) is 3.26. The predicted octanol–water partition coefficient (Wildman–Crippen LogP) is -1.15. The lowest BCUT2D eigenvalue weighted by Crippen LogP contribution is -2.76. The molecule has 1 aliphatic rings. The van der Waals surface area contributed by atoms with E-state index in [9.17, 15) is 13.2 Å². The largest absolute Gasteiger partial charge is 0.362 e. The van der Waals surface area contributed by atoms with Crippen LogP contribution in [0.25, 0.3) is 0 Å². The smallest absolute Gasteiger partial charge is 0.318 e. The van der Waals surface area contributed by atoms with Gasteiger partial charge in [-0.05, 0) is 13.8 Å². The molecule has 6 nitrogen and oxygen atoms in total. The second kappa shape index (κ2) is 3.12. The van der Waals surface area contributed by atoms with Crippen LogP contribution in [0.5, 0.6) is 0 Å². The normalized spacial score (nSPS) is 26.3. The number of nitrogens with two attached hydrogens (primary N) is 1. The molecule has 8 heteroatoms. The lowest BCUT2D eigenvalue weighted by atomic mass is 9.86. The quantitative estimate of drug-likeness (QED) is 0.436. The third-order valence-electron chi connectivity index (χ3n) is 1.98. The van der Waals surface area contributed by atoms with E-state index in [0.717, 1.165) is 0 Å². The minimum atomic E-state index is -4.45. The van der Waals surface area contributed by atoms with Gasteiger partial charge in [0, 0.05) is 0 Å². The summed E-state index contributed by atoms with van der Waals surface area (Å²) in [6, 6.07) is -0.862. The van der Waals surface area contributed by atoms with E-state index in [1.165, 1.54) is 13.8 Å². The van der Waals surface area contributed by atoms with Crippen molar-refractivity contribution >= 4 is 29.7 Å². The molecular weight excluding hydrogens is 216 g/mol. The monoisotopic (exact) mass is 228 g/mol. The molecule has 1 fully saturated rings. The number of nitrogens with zero attached hydrogens (tertiary/aromatic N) is 1. The van der Waals surface area contributed by atoms with Crippen LogP contribution in [0.3, 0.4) is 0 Å². The molecule has 0 unspecified atom stereocenters. The number of amides is 1. The van der Waals surface area contributed by atoms with E-state index in [1.807, 2.05) is 0 Å². The van der Waals surface area contributed by atoms with E-state index < -0.39 is 27.8 Å². The molecule has 1 heterocycles. The van der Waals surface area contributed by atoms with Gasteiger partial charge in [-0.1, -0.05) is 0 Å². The van der Waals surface area contributed by atoms with Gasteiger partial charge < -0.3 is 5.73 Å². The van der Waals surface area contributed by atoms with Crippen LogP contribution in [0.2, 0.25) is 0 Å². The zero-order valence-corrected chi connectivity index (χ0v) is 9.00.